The van der Waals surface area contributed by atoms with Crippen molar-refractivity contribution in [1.29, 1.82) is 0 Å². The molecule has 32 heteroatoms. The summed E-state index contributed by atoms with van der Waals surface area (Å²) in [5.74, 6) is 1.14. The van der Waals surface area contributed by atoms with Crippen LogP contribution in [0.3, 0.4) is 0 Å². The number of amides is 2. The highest BCUT2D eigenvalue weighted by atomic mass is 32.2. The first-order valence-corrected chi connectivity index (χ1v) is 33.7. The highest BCUT2D eigenvalue weighted by Crippen LogP contribution is 2.37. The number of benzene rings is 4. The van der Waals surface area contributed by atoms with Gasteiger partial charge in [0.25, 0.3) is 20.0 Å². The van der Waals surface area contributed by atoms with Crippen molar-refractivity contribution in [2.75, 3.05) is 43.0 Å². The Hall–Kier alpha value is -12.1. The van der Waals surface area contributed by atoms with E-state index in [0.29, 0.717) is 114 Å². The molecule has 0 aliphatic rings. The number of nitrogens with one attached hydrogen (secondary N) is 4. The van der Waals surface area contributed by atoms with Gasteiger partial charge in [-0.25, -0.2) is 75.4 Å². The molecule has 98 heavy (non-hydrogen) atoms. The molecule has 0 aliphatic heterocycles. The fourth-order valence-electron chi connectivity index (χ4n) is 10.00. The van der Waals surface area contributed by atoms with Crippen LogP contribution >= 0.6 is 0 Å². The number of nitrogen functional groups attached to an aromatic ring is 4. The number of fused-ring (bicyclic) bond motifs is 4. The van der Waals surface area contributed by atoms with Crippen LogP contribution < -0.4 is 43.0 Å². The van der Waals surface area contributed by atoms with Crippen molar-refractivity contribution >= 4 is 122 Å². The van der Waals surface area contributed by atoms with Crippen LogP contribution in [0.1, 0.15) is 92.9 Å². The normalized spacial score (nSPS) is 11.4. The van der Waals surface area contributed by atoms with Gasteiger partial charge in [-0.2, -0.15) is 20.4 Å². The smallest absolute Gasteiger partial charge is 0.254 e. The molecule has 12 N–H and O–H groups in total. The Labute approximate surface area is 564 Å². The Kier molecular flexibility index (Phi) is 21.3. The zero-order valence-electron chi connectivity index (χ0n) is 55.1. The second-order valence-corrected chi connectivity index (χ2v) is 26.2. The molecule has 0 saturated carbocycles. The second kappa shape index (κ2) is 29.7. The fourth-order valence-corrected chi connectivity index (χ4v) is 11.1. The molecule has 506 valence electrons. The van der Waals surface area contributed by atoms with Crippen LogP contribution in [0, 0.1) is 0 Å². The monoisotopic (exact) mass is 1360 g/mol. The van der Waals surface area contributed by atoms with Crippen molar-refractivity contribution in [3.8, 4) is 45.0 Å². The van der Waals surface area contributed by atoms with Gasteiger partial charge in [0, 0.05) is 86.4 Å². The Balaban J connectivity index is 0.000000153. The van der Waals surface area contributed by atoms with Gasteiger partial charge in [0.15, 0.2) is 22.6 Å². The van der Waals surface area contributed by atoms with Crippen LogP contribution in [-0.2, 0) is 29.6 Å². The molecule has 30 nitrogen and oxygen atoms in total. The highest BCUT2D eigenvalue weighted by Gasteiger charge is 2.24. The van der Waals surface area contributed by atoms with Crippen LogP contribution in [0.15, 0.2) is 159 Å². The summed E-state index contributed by atoms with van der Waals surface area (Å²) in [4.78, 5) is 56.6. The maximum Gasteiger partial charge on any atom is 0.254 e. The van der Waals surface area contributed by atoms with Crippen LogP contribution in [0.2, 0.25) is 0 Å². The summed E-state index contributed by atoms with van der Waals surface area (Å²) in [6.07, 6.45) is 7.34. The average Bonchev–Trinajstić information content (AvgIpc) is 1.64. The summed E-state index contributed by atoms with van der Waals surface area (Å²) >= 11 is 0. The molecule has 4 aromatic carbocycles. The third kappa shape index (κ3) is 15.7. The molecule has 0 saturated heterocycles. The van der Waals surface area contributed by atoms with Crippen molar-refractivity contribution in [2.45, 2.75) is 92.9 Å². The summed E-state index contributed by atoms with van der Waals surface area (Å²) in [5.41, 5.74) is 34.9. The summed E-state index contributed by atoms with van der Waals surface area (Å²) in [6, 6.07) is 29.1. The standard InChI is InChI=1S/C17H20N6O.C17H18N6O.2C16H18N6O2S/c2*1-4-13(24)21-12-7-5-6-11(8-12)15-14-16(18)19-9-20-17(14)23(22-15)10(2)3;1-4-25(23,24)21-12-7-5-11(6-8-12)14-13-15(17)18-9-19-16(13)22(20-14)10(2)3;1-4-25(23,24)21-12-7-5-6-11(8-12)14-13-15(17)18-9-19-16(13)22(20-14)10(2)3/h5-10H,4H2,1-3H3,(H,21,24)(H2,18,19,20);4-10H,1H2,2-3H3,(H,21,24)(H2,18,19,20);2*4-10,21H,1H2,2-3H3,(H2,17,18,19). The van der Waals surface area contributed by atoms with Crippen molar-refractivity contribution in [3.05, 3.63) is 159 Å². The number of aromatic nitrogens is 16. The average molecular weight is 1360 g/mol. The molecule has 0 spiro atoms. The van der Waals surface area contributed by atoms with Crippen LogP contribution in [0.4, 0.5) is 46.0 Å². The van der Waals surface area contributed by atoms with E-state index in [0.717, 1.165) is 38.6 Å². The van der Waals surface area contributed by atoms with Crippen molar-refractivity contribution in [1.82, 2.24) is 79.0 Å². The van der Waals surface area contributed by atoms with Gasteiger partial charge in [0.05, 0.1) is 21.5 Å². The molecule has 8 heterocycles. The lowest BCUT2D eigenvalue weighted by Gasteiger charge is -2.06. The number of nitrogens with two attached hydrogens (primary N) is 4. The number of sulfonamides is 2. The third-order valence-electron chi connectivity index (χ3n) is 14.6. The first-order valence-electron chi connectivity index (χ1n) is 30.6. The SMILES string of the molecule is C=CC(=O)Nc1cccc(-c2nn(C(C)C)c3ncnc(N)c23)c1.C=CS(=O)(=O)Nc1ccc(-c2nn(C(C)C)c3ncnc(N)c23)cc1.C=CS(=O)(=O)Nc1cccc(-c2nn(C(C)C)c3ncnc(N)c23)c1.CCC(=O)Nc1cccc(-c2nn(C(C)C)c3ncnc(N)c23)c1. The first kappa shape index (κ1) is 70.3. The lowest BCUT2D eigenvalue weighted by molar-refractivity contribution is -0.116. The largest absolute Gasteiger partial charge is 0.383 e. The lowest BCUT2D eigenvalue weighted by atomic mass is 10.1. The number of nitrogens with zero attached hydrogens (tertiary/aromatic N) is 16. The van der Waals surface area contributed by atoms with Gasteiger partial charge in [-0.15, -0.1) is 0 Å². The molecule has 0 unspecified atom stereocenters. The summed E-state index contributed by atoms with van der Waals surface area (Å²) in [5, 5.41) is 28.6. The van der Waals surface area contributed by atoms with E-state index in [1.54, 1.807) is 57.9 Å². The number of hydrogen-bond donors (Lipinski definition) is 8. The van der Waals surface area contributed by atoms with Gasteiger partial charge in [-0.05, 0) is 110 Å². The summed E-state index contributed by atoms with van der Waals surface area (Å²) < 4.78 is 58.5. The topological polar surface area (TPSA) is 429 Å². The van der Waals surface area contributed by atoms with E-state index in [1.807, 2.05) is 120 Å². The van der Waals surface area contributed by atoms with Gasteiger partial charge in [0.1, 0.15) is 71.4 Å². The van der Waals surface area contributed by atoms with Crippen molar-refractivity contribution in [2.24, 2.45) is 0 Å². The molecule has 12 rings (SSSR count). The molecule has 2 amide bonds. The minimum atomic E-state index is -3.59. The van der Waals surface area contributed by atoms with E-state index in [4.69, 9.17) is 22.9 Å². The zero-order valence-corrected chi connectivity index (χ0v) is 56.8. The predicted octanol–water partition coefficient (Wildman–Crippen LogP) is 10.9. The van der Waals surface area contributed by atoms with E-state index in [1.165, 1.54) is 31.4 Å². The molecule has 0 fully saturated rings. The van der Waals surface area contributed by atoms with Crippen LogP contribution in [0.25, 0.3) is 89.2 Å². The molecule has 12 aromatic rings. The zero-order chi connectivity index (χ0) is 70.9. The van der Waals surface area contributed by atoms with E-state index in [-0.39, 0.29) is 36.0 Å². The minimum Gasteiger partial charge on any atom is -0.383 e. The minimum absolute atomic E-state index is 0.0347. The van der Waals surface area contributed by atoms with Gasteiger partial charge < -0.3 is 33.6 Å². The quantitative estimate of drug-likeness (QED) is 0.0370. The van der Waals surface area contributed by atoms with Crippen LogP contribution in [0.5, 0.6) is 0 Å². The maximum absolute atomic E-state index is 11.7. The third-order valence-corrected chi connectivity index (χ3v) is 16.5. The first-order chi connectivity index (χ1) is 46.7. The van der Waals surface area contributed by atoms with Crippen molar-refractivity contribution in [3.63, 3.8) is 0 Å². The van der Waals surface area contributed by atoms with Crippen LogP contribution in [-0.4, -0.2) is 108 Å². The van der Waals surface area contributed by atoms with E-state index < -0.39 is 20.0 Å². The maximum atomic E-state index is 11.7. The molecular formula is C66H74N24O6S2. The van der Waals surface area contributed by atoms with E-state index >= 15 is 0 Å². The Bertz CT molecular complexity index is 5210. The molecule has 0 atom stereocenters. The lowest BCUT2D eigenvalue weighted by Crippen LogP contribution is -2.09. The van der Waals surface area contributed by atoms with Gasteiger partial charge in [0.2, 0.25) is 11.8 Å². The number of carbonyl (C=O) groups excluding carboxylic acids is 2. The second-order valence-electron chi connectivity index (χ2n) is 22.9. The highest BCUT2D eigenvalue weighted by molar-refractivity contribution is 7.95. The predicted molar refractivity (Wildman–Crippen MR) is 385 cm³/mol. The number of anilines is 8. The molecule has 8 aromatic heterocycles. The Morgan fingerprint density at radius 3 is 1.05 bits per heavy atom. The number of rotatable bonds is 18. The summed E-state index contributed by atoms with van der Waals surface area (Å²) in [6.45, 7) is 27.9. The van der Waals surface area contributed by atoms with Crippen molar-refractivity contribution < 1.29 is 26.4 Å². The van der Waals surface area contributed by atoms with Gasteiger partial charge in [-0.1, -0.05) is 75.2 Å². The van der Waals surface area contributed by atoms with Gasteiger partial charge >= 0.3 is 0 Å². The molecule has 0 radical (unpaired) electrons. The van der Waals surface area contributed by atoms with Gasteiger partial charge in [-0.3, -0.25) is 19.0 Å². The number of hydrogen-bond acceptors (Lipinski definition) is 22. The Morgan fingerprint density at radius 2 is 0.735 bits per heavy atom. The molecule has 0 aliphatic carbocycles. The molecule has 0 bridgehead atoms. The Morgan fingerprint density at radius 1 is 0.429 bits per heavy atom. The fraction of sp³-hybridized carbons (Fsp3) is 0.212. The summed E-state index contributed by atoms with van der Waals surface area (Å²) in [7, 11) is -7.14. The van der Waals surface area contributed by atoms with E-state index in [2.05, 4.69) is 100 Å². The molecular weight excluding hydrogens is 1290 g/mol. The number of carbonyl (C=O) groups is 2. The van der Waals surface area contributed by atoms with E-state index in [9.17, 15) is 26.4 Å².